The van der Waals surface area contributed by atoms with E-state index < -0.39 is 0 Å². The summed E-state index contributed by atoms with van der Waals surface area (Å²) in [5.41, 5.74) is 1.32. The van der Waals surface area contributed by atoms with Crippen LogP contribution in [0.25, 0.3) is 0 Å². The van der Waals surface area contributed by atoms with Gasteiger partial charge in [-0.2, -0.15) is 0 Å². The van der Waals surface area contributed by atoms with E-state index in [2.05, 4.69) is 50.8 Å². The maximum Gasteiger partial charge on any atom is 0.250 e. The van der Waals surface area contributed by atoms with E-state index in [0.29, 0.717) is 13.2 Å². The van der Waals surface area contributed by atoms with Gasteiger partial charge in [0.15, 0.2) is 0 Å². The van der Waals surface area contributed by atoms with Crippen molar-refractivity contribution in [3.8, 4) is 0 Å². The quantitative estimate of drug-likeness (QED) is 0.712. The number of nitrogens with zero attached hydrogens (tertiary/aromatic N) is 2. The van der Waals surface area contributed by atoms with Gasteiger partial charge in [0.05, 0.1) is 6.61 Å². The minimum Gasteiger partial charge on any atom is -0.369 e. The van der Waals surface area contributed by atoms with Gasteiger partial charge in [0.2, 0.25) is 5.91 Å². The first-order valence-corrected chi connectivity index (χ1v) is 9.45. The molecule has 6 nitrogen and oxygen atoms in total. The van der Waals surface area contributed by atoms with E-state index in [9.17, 15) is 4.79 Å². The molecule has 3 rings (SSSR count). The minimum atomic E-state index is -0.320. The molecule has 2 fully saturated rings. The summed E-state index contributed by atoms with van der Waals surface area (Å²) in [5.74, 6) is 0.0173. The smallest absolute Gasteiger partial charge is 0.250 e. The molecule has 0 aliphatic carbocycles. The van der Waals surface area contributed by atoms with Crippen molar-refractivity contribution in [3.63, 3.8) is 0 Å². The summed E-state index contributed by atoms with van der Waals surface area (Å²) < 4.78 is 5.45. The molecule has 1 unspecified atom stereocenters. The third-order valence-corrected chi connectivity index (χ3v) is 4.91. The average molecular weight is 346 g/mol. The highest BCUT2D eigenvalue weighted by molar-refractivity contribution is 5.81. The monoisotopic (exact) mass is 346 g/mol. The zero-order valence-corrected chi connectivity index (χ0v) is 15.0. The first-order chi connectivity index (χ1) is 12.3. The second-order valence-corrected chi connectivity index (χ2v) is 6.73. The standard InChI is InChI=1S/C19H30N4O2/c24-19(18-16-20-9-15-25-18)21-8-4-5-10-22-11-13-23(14-12-22)17-6-2-1-3-7-17/h1-3,6-7,18,20H,4-5,8-16H2,(H,21,24). The predicted octanol–water partition coefficient (Wildman–Crippen LogP) is 0.693. The van der Waals surface area contributed by atoms with Gasteiger partial charge in [0.1, 0.15) is 6.10 Å². The summed E-state index contributed by atoms with van der Waals surface area (Å²) >= 11 is 0. The molecule has 1 aromatic carbocycles. The predicted molar refractivity (Wildman–Crippen MR) is 99.9 cm³/mol. The highest BCUT2D eigenvalue weighted by Gasteiger charge is 2.21. The minimum absolute atomic E-state index is 0.0173. The number of carbonyl (C=O) groups is 1. The van der Waals surface area contributed by atoms with Crippen LogP contribution in [0.15, 0.2) is 30.3 Å². The van der Waals surface area contributed by atoms with Gasteiger partial charge in [-0.25, -0.2) is 0 Å². The van der Waals surface area contributed by atoms with E-state index in [-0.39, 0.29) is 12.0 Å². The van der Waals surface area contributed by atoms with E-state index in [0.717, 1.165) is 58.7 Å². The zero-order chi connectivity index (χ0) is 17.3. The van der Waals surface area contributed by atoms with Crippen LogP contribution in [0.4, 0.5) is 5.69 Å². The van der Waals surface area contributed by atoms with Crippen LogP contribution in [0.5, 0.6) is 0 Å². The lowest BCUT2D eigenvalue weighted by Gasteiger charge is -2.36. The van der Waals surface area contributed by atoms with Crippen LogP contribution in [0.2, 0.25) is 0 Å². The van der Waals surface area contributed by atoms with Crippen LogP contribution in [0, 0.1) is 0 Å². The van der Waals surface area contributed by atoms with Gasteiger partial charge in [-0.1, -0.05) is 18.2 Å². The molecule has 2 aliphatic heterocycles. The van der Waals surface area contributed by atoms with Crippen molar-refractivity contribution in [2.75, 3.05) is 63.9 Å². The van der Waals surface area contributed by atoms with Crippen molar-refractivity contribution in [3.05, 3.63) is 30.3 Å². The number of hydrogen-bond acceptors (Lipinski definition) is 5. The lowest BCUT2D eigenvalue weighted by atomic mass is 10.2. The summed E-state index contributed by atoms with van der Waals surface area (Å²) in [5, 5.41) is 6.17. The largest absolute Gasteiger partial charge is 0.369 e. The topological polar surface area (TPSA) is 56.8 Å². The summed E-state index contributed by atoms with van der Waals surface area (Å²) in [6, 6.07) is 10.6. The molecule has 25 heavy (non-hydrogen) atoms. The second-order valence-electron chi connectivity index (χ2n) is 6.73. The number of para-hydroxylation sites is 1. The first-order valence-electron chi connectivity index (χ1n) is 9.45. The molecule has 0 aromatic heterocycles. The number of piperazine rings is 1. The van der Waals surface area contributed by atoms with Crippen LogP contribution >= 0.6 is 0 Å². The lowest BCUT2D eigenvalue weighted by Crippen LogP contribution is -2.48. The number of morpholine rings is 1. The van der Waals surface area contributed by atoms with Gasteiger partial charge in [0, 0.05) is 51.5 Å². The SMILES string of the molecule is O=C(NCCCCN1CCN(c2ccccc2)CC1)C1CNCCO1. The van der Waals surface area contributed by atoms with Crippen molar-refractivity contribution < 1.29 is 9.53 Å². The fraction of sp³-hybridized carbons (Fsp3) is 0.632. The molecule has 2 heterocycles. The normalized spacial score (nSPS) is 21.9. The number of rotatable bonds is 7. The van der Waals surface area contributed by atoms with Crippen LogP contribution < -0.4 is 15.5 Å². The van der Waals surface area contributed by atoms with E-state index >= 15 is 0 Å². The van der Waals surface area contributed by atoms with Gasteiger partial charge >= 0.3 is 0 Å². The van der Waals surface area contributed by atoms with Crippen molar-refractivity contribution in [2.45, 2.75) is 18.9 Å². The Morgan fingerprint density at radius 1 is 1.16 bits per heavy atom. The number of unbranched alkanes of at least 4 members (excludes halogenated alkanes) is 1. The lowest BCUT2D eigenvalue weighted by molar-refractivity contribution is -0.134. The molecule has 2 aliphatic rings. The number of anilines is 1. The van der Waals surface area contributed by atoms with Gasteiger partial charge in [0.25, 0.3) is 0 Å². The summed E-state index contributed by atoms with van der Waals surface area (Å²) in [6.07, 6.45) is 1.82. The molecule has 0 saturated carbocycles. The molecule has 6 heteroatoms. The Kier molecular flexibility index (Phi) is 7.09. The molecule has 2 N–H and O–H groups in total. The number of hydrogen-bond donors (Lipinski definition) is 2. The molecule has 0 spiro atoms. The number of benzene rings is 1. The van der Waals surface area contributed by atoms with E-state index in [1.54, 1.807) is 0 Å². The van der Waals surface area contributed by atoms with Gasteiger partial charge in [-0.05, 0) is 31.5 Å². The van der Waals surface area contributed by atoms with Crippen LogP contribution in [-0.2, 0) is 9.53 Å². The zero-order valence-electron chi connectivity index (χ0n) is 15.0. The van der Waals surface area contributed by atoms with Crippen molar-refractivity contribution in [1.29, 1.82) is 0 Å². The van der Waals surface area contributed by atoms with Gasteiger partial charge in [-0.15, -0.1) is 0 Å². The highest BCUT2D eigenvalue weighted by atomic mass is 16.5. The van der Waals surface area contributed by atoms with Crippen LogP contribution in [-0.4, -0.2) is 75.9 Å². The second kappa shape index (κ2) is 9.75. The molecule has 1 aromatic rings. The summed E-state index contributed by atoms with van der Waals surface area (Å²) in [4.78, 5) is 16.9. The van der Waals surface area contributed by atoms with Gasteiger partial charge < -0.3 is 20.3 Å². The van der Waals surface area contributed by atoms with Gasteiger partial charge in [-0.3, -0.25) is 9.69 Å². The Balaban J connectivity index is 1.25. The van der Waals surface area contributed by atoms with Crippen molar-refractivity contribution >= 4 is 11.6 Å². The number of carbonyl (C=O) groups excluding carboxylic acids is 1. The number of amides is 1. The highest BCUT2D eigenvalue weighted by Crippen LogP contribution is 2.15. The number of nitrogens with one attached hydrogen (secondary N) is 2. The van der Waals surface area contributed by atoms with E-state index in [1.165, 1.54) is 5.69 Å². The molecular formula is C19H30N4O2. The Hall–Kier alpha value is -1.63. The Bertz CT molecular complexity index is 511. The van der Waals surface area contributed by atoms with E-state index in [1.807, 2.05) is 0 Å². The molecule has 0 radical (unpaired) electrons. The van der Waals surface area contributed by atoms with E-state index in [4.69, 9.17) is 4.74 Å². The molecule has 1 amide bonds. The van der Waals surface area contributed by atoms with Crippen molar-refractivity contribution in [1.82, 2.24) is 15.5 Å². The molecule has 1 atom stereocenters. The maximum absolute atomic E-state index is 11.9. The fourth-order valence-electron chi connectivity index (χ4n) is 3.39. The third kappa shape index (κ3) is 5.70. The van der Waals surface area contributed by atoms with Crippen LogP contribution in [0.1, 0.15) is 12.8 Å². The third-order valence-electron chi connectivity index (χ3n) is 4.91. The van der Waals surface area contributed by atoms with Crippen LogP contribution in [0.3, 0.4) is 0 Å². The number of ether oxygens (including phenoxy) is 1. The Morgan fingerprint density at radius 3 is 2.68 bits per heavy atom. The average Bonchev–Trinajstić information content (AvgIpc) is 2.69. The molecular weight excluding hydrogens is 316 g/mol. The van der Waals surface area contributed by atoms with Crippen molar-refractivity contribution in [2.24, 2.45) is 0 Å². The maximum atomic E-state index is 11.9. The fourth-order valence-corrected chi connectivity index (χ4v) is 3.39. The summed E-state index contributed by atoms with van der Waals surface area (Å²) in [6.45, 7) is 8.33. The molecule has 0 bridgehead atoms. The molecule has 2 saturated heterocycles. The summed E-state index contributed by atoms with van der Waals surface area (Å²) in [7, 11) is 0. The first kappa shape index (κ1) is 18.2. The Labute approximate surface area is 150 Å². The Morgan fingerprint density at radius 2 is 1.96 bits per heavy atom. The molecule has 138 valence electrons.